The largest absolute Gasteiger partial charge is 0.353 e. The molecule has 0 aromatic carbocycles. The Bertz CT molecular complexity index is 493. The number of aryl methyl sites for hydroxylation is 1. The lowest BCUT2D eigenvalue weighted by atomic mass is 10.0. The van der Waals surface area contributed by atoms with Crippen molar-refractivity contribution in [3.05, 3.63) is 24.8 Å². The second kappa shape index (κ2) is 8.56. The van der Waals surface area contributed by atoms with Gasteiger partial charge in [0.15, 0.2) is 5.96 Å². The molecule has 1 aromatic heterocycles. The molecule has 1 unspecified atom stereocenters. The third-order valence-electron chi connectivity index (χ3n) is 3.98. The first-order chi connectivity index (χ1) is 10.7. The Balaban J connectivity index is 1.96. The van der Waals surface area contributed by atoms with Gasteiger partial charge in [-0.25, -0.2) is 0 Å². The molecule has 1 atom stereocenters. The average molecular weight is 304 g/mol. The molecule has 122 valence electrons. The van der Waals surface area contributed by atoms with Crippen molar-refractivity contribution in [2.75, 3.05) is 26.2 Å². The van der Waals surface area contributed by atoms with E-state index in [0.717, 1.165) is 56.8 Å². The summed E-state index contributed by atoms with van der Waals surface area (Å²) in [5, 5.41) is 11.5. The topological polar surface area (TPSA) is 58.3 Å². The van der Waals surface area contributed by atoms with Crippen LogP contribution in [0.2, 0.25) is 0 Å². The van der Waals surface area contributed by atoms with Crippen LogP contribution in [-0.4, -0.2) is 51.8 Å². The Hall–Kier alpha value is -1.85. The lowest BCUT2D eigenvalue weighted by Gasteiger charge is -2.33. The van der Waals surface area contributed by atoms with E-state index in [4.69, 9.17) is 4.99 Å². The number of guanidine groups is 1. The van der Waals surface area contributed by atoms with Crippen LogP contribution in [0.15, 0.2) is 24.0 Å². The normalized spacial score (nSPS) is 19.3. The first-order valence-corrected chi connectivity index (χ1v) is 8.25. The van der Waals surface area contributed by atoms with Crippen LogP contribution in [0, 0.1) is 5.92 Å². The summed E-state index contributed by atoms with van der Waals surface area (Å²) in [7, 11) is 0. The second-order valence-corrected chi connectivity index (χ2v) is 5.86. The van der Waals surface area contributed by atoms with Gasteiger partial charge in [0.25, 0.3) is 0 Å². The Labute approximate surface area is 133 Å². The van der Waals surface area contributed by atoms with E-state index in [1.165, 1.54) is 12.8 Å². The van der Waals surface area contributed by atoms with E-state index in [1.807, 2.05) is 6.08 Å². The van der Waals surface area contributed by atoms with Crippen molar-refractivity contribution < 1.29 is 0 Å². The zero-order valence-corrected chi connectivity index (χ0v) is 13.8. The van der Waals surface area contributed by atoms with Gasteiger partial charge in [0.1, 0.15) is 12.2 Å². The third kappa shape index (κ3) is 4.58. The molecule has 6 nitrogen and oxygen atoms in total. The highest BCUT2D eigenvalue weighted by Gasteiger charge is 2.19. The lowest BCUT2D eigenvalue weighted by Crippen LogP contribution is -2.46. The first kappa shape index (κ1) is 16.5. The minimum atomic E-state index is 0.731. The van der Waals surface area contributed by atoms with Crippen molar-refractivity contribution in [1.29, 1.82) is 0 Å². The Morgan fingerprint density at radius 2 is 2.45 bits per heavy atom. The van der Waals surface area contributed by atoms with E-state index >= 15 is 0 Å². The number of aliphatic imine (C=N–C) groups is 1. The molecule has 2 rings (SSSR count). The highest BCUT2D eigenvalue weighted by atomic mass is 15.3. The summed E-state index contributed by atoms with van der Waals surface area (Å²) in [5.41, 5.74) is 0. The molecule has 0 spiro atoms. The van der Waals surface area contributed by atoms with Crippen LogP contribution in [-0.2, 0) is 13.0 Å². The monoisotopic (exact) mass is 304 g/mol. The van der Waals surface area contributed by atoms with Crippen LogP contribution in [0.3, 0.4) is 0 Å². The number of piperidine rings is 1. The summed E-state index contributed by atoms with van der Waals surface area (Å²) in [6.45, 7) is 12.6. The Morgan fingerprint density at radius 3 is 3.18 bits per heavy atom. The van der Waals surface area contributed by atoms with Crippen molar-refractivity contribution >= 4 is 5.96 Å². The summed E-state index contributed by atoms with van der Waals surface area (Å²) >= 11 is 0. The molecule has 2 heterocycles. The first-order valence-electron chi connectivity index (χ1n) is 8.25. The van der Waals surface area contributed by atoms with Gasteiger partial charge in [-0.3, -0.25) is 4.99 Å². The van der Waals surface area contributed by atoms with E-state index in [0.29, 0.717) is 0 Å². The fraction of sp³-hybridized carbons (Fsp3) is 0.688. The Morgan fingerprint density at radius 1 is 1.59 bits per heavy atom. The van der Waals surface area contributed by atoms with E-state index in [2.05, 4.69) is 45.4 Å². The molecule has 22 heavy (non-hydrogen) atoms. The van der Waals surface area contributed by atoms with E-state index in [1.54, 1.807) is 6.33 Å². The van der Waals surface area contributed by atoms with Gasteiger partial charge < -0.3 is 14.8 Å². The van der Waals surface area contributed by atoms with Crippen molar-refractivity contribution in [2.24, 2.45) is 10.9 Å². The quantitative estimate of drug-likeness (QED) is 0.494. The molecule has 1 aliphatic heterocycles. The lowest BCUT2D eigenvalue weighted by molar-refractivity contribution is 0.266. The van der Waals surface area contributed by atoms with Gasteiger partial charge in [0, 0.05) is 32.6 Å². The van der Waals surface area contributed by atoms with Gasteiger partial charge >= 0.3 is 0 Å². The van der Waals surface area contributed by atoms with E-state index < -0.39 is 0 Å². The number of likely N-dealkylation sites (tertiary alicyclic amines) is 1. The molecular weight excluding hydrogens is 276 g/mol. The number of nitrogens with one attached hydrogen (secondary N) is 1. The van der Waals surface area contributed by atoms with Crippen molar-refractivity contribution in [3.8, 4) is 0 Å². The molecule has 1 aliphatic rings. The van der Waals surface area contributed by atoms with E-state index in [-0.39, 0.29) is 0 Å². The highest BCUT2D eigenvalue weighted by molar-refractivity contribution is 5.80. The van der Waals surface area contributed by atoms with Gasteiger partial charge in [-0.15, -0.1) is 16.8 Å². The number of rotatable bonds is 6. The molecule has 6 heteroatoms. The summed E-state index contributed by atoms with van der Waals surface area (Å²) in [5.74, 6) is 2.74. The van der Waals surface area contributed by atoms with Crippen molar-refractivity contribution in [1.82, 2.24) is 25.0 Å². The molecule has 0 amide bonds. The third-order valence-corrected chi connectivity index (χ3v) is 3.98. The maximum Gasteiger partial charge on any atom is 0.194 e. The molecule has 1 saturated heterocycles. The SMILES string of the molecule is C=CCNC(=NCCn1cnnc1CC)N1CCCC(C)C1. The summed E-state index contributed by atoms with van der Waals surface area (Å²) < 4.78 is 2.08. The van der Waals surface area contributed by atoms with Crippen molar-refractivity contribution in [3.63, 3.8) is 0 Å². The summed E-state index contributed by atoms with van der Waals surface area (Å²) in [6, 6.07) is 0. The maximum absolute atomic E-state index is 4.78. The number of nitrogens with zero attached hydrogens (tertiary/aromatic N) is 5. The number of aromatic nitrogens is 3. The average Bonchev–Trinajstić information content (AvgIpc) is 2.98. The van der Waals surface area contributed by atoms with Gasteiger partial charge in [0.05, 0.1) is 6.54 Å². The van der Waals surface area contributed by atoms with Crippen LogP contribution in [0.25, 0.3) is 0 Å². The maximum atomic E-state index is 4.78. The number of hydrogen-bond donors (Lipinski definition) is 1. The minimum Gasteiger partial charge on any atom is -0.353 e. The predicted molar refractivity (Wildman–Crippen MR) is 89.9 cm³/mol. The van der Waals surface area contributed by atoms with Crippen molar-refractivity contribution in [2.45, 2.75) is 39.7 Å². The van der Waals surface area contributed by atoms with Gasteiger partial charge in [0.2, 0.25) is 0 Å². The summed E-state index contributed by atoms with van der Waals surface area (Å²) in [4.78, 5) is 7.14. The van der Waals surface area contributed by atoms with Gasteiger partial charge in [-0.1, -0.05) is 19.9 Å². The molecule has 0 aliphatic carbocycles. The molecule has 0 bridgehead atoms. The fourth-order valence-corrected chi connectivity index (χ4v) is 2.82. The highest BCUT2D eigenvalue weighted by Crippen LogP contribution is 2.15. The van der Waals surface area contributed by atoms with Crippen LogP contribution < -0.4 is 5.32 Å². The van der Waals surface area contributed by atoms with Crippen LogP contribution in [0.5, 0.6) is 0 Å². The zero-order valence-electron chi connectivity index (χ0n) is 13.8. The standard InChI is InChI=1S/C16H28N6/c1-4-8-17-16(21-10-6-7-14(3)12-21)18-9-11-22-13-19-20-15(22)5-2/h4,13-14H,1,5-12H2,2-3H3,(H,17,18). The molecule has 1 aromatic rings. The number of hydrogen-bond acceptors (Lipinski definition) is 3. The smallest absolute Gasteiger partial charge is 0.194 e. The molecule has 1 fully saturated rings. The summed E-state index contributed by atoms with van der Waals surface area (Å²) in [6.07, 6.45) is 7.11. The second-order valence-electron chi connectivity index (χ2n) is 5.86. The van der Waals surface area contributed by atoms with Gasteiger partial charge in [-0.2, -0.15) is 0 Å². The van der Waals surface area contributed by atoms with Crippen LogP contribution in [0.1, 0.15) is 32.5 Å². The predicted octanol–water partition coefficient (Wildman–Crippen LogP) is 1.70. The van der Waals surface area contributed by atoms with Crippen LogP contribution >= 0.6 is 0 Å². The molecule has 0 radical (unpaired) electrons. The molecular formula is C16H28N6. The minimum absolute atomic E-state index is 0.731. The Kier molecular flexibility index (Phi) is 6.43. The van der Waals surface area contributed by atoms with Gasteiger partial charge in [-0.05, 0) is 18.8 Å². The van der Waals surface area contributed by atoms with E-state index in [9.17, 15) is 0 Å². The molecule has 1 N–H and O–H groups in total. The fourth-order valence-electron chi connectivity index (χ4n) is 2.82. The zero-order chi connectivity index (χ0) is 15.8. The molecule has 0 saturated carbocycles. The van der Waals surface area contributed by atoms with Crippen LogP contribution in [0.4, 0.5) is 0 Å².